The third-order valence-corrected chi connectivity index (χ3v) is 5.45. The Morgan fingerprint density at radius 3 is 2.19 bits per heavy atom. The molecule has 0 bridgehead atoms. The van der Waals surface area contributed by atoms with Gasteiger partial charge in [0.25, 0.3) is 0 Å². The first-order valence-corrected chi connectivity index (χ1v) is 8.25. The molecule has 21 heavy (non-hydrogen) atoms. The molecule has 0 spiro atoms. The van der Waals surface area contributed by atoms with Gasteiger partial charge in [-0.1, -0.05) is 29.8 Å². The molecule has 0 N–H and O–H groups in total. The van der Waals surface area contributed by atoms with E-state index in [1.54, 1.807) is 13.8 Å². The maximum absolute atomic E-state index is 12.9. The van der Waals surface area contributed by atoms with Gasteiger partial charge in [0.2, 0.25) is 0 Å². The van der Waals surface area contributed by atoms with Crippen molar-refractivity contribution in [2.45, 2.75) is 32.5 Å². The van der Waals surface area contributed by atoms with Gasteiger partial charge >= 0.3 is 12.9 Å². The predicted molar refractivity (Wildman–Crippen MR) is 80.7 cm³/mol. The van der Waals surface area contributed by atoms with Gasteiger partial charge in [0, 0.05) is 0 Å². The fourth-order valence-electron chi connectivity index (χ4n) is 1.90. The van der Waals surface area contributed by atoms with Gasteiger partial charge in [0.15, 0.2) is 6.07 Å². The van der Waals surface area contributed by atoms with Crippen molar-refractivity contribution in [3.05, 3.63) is 46.8 Å². The summed E-state index contributed by atoms with van der Waals surface area (Å²) >= 11 is 0. The van der Waals surface area contributed by atoms with E-state index >= 15 is 0 Å². The van der Waals surface area contributed by atoms with E-state index in [1.807, 2.05) is 37.3 Å². The summed E-state index contributed by atoms with van der Waals surface area (Å²) in [6.45, 7) is 12.9. The highest BCUT2D eigenvalue weighted by atomic mass is 31.2. The Labute approximate surface area is 125 Å². The van der Waals surface area contributed by atoms with Crippen molar-refractivity contribution in [2.24, 2.45) is 0 Å². The molecule has 0 aliphatic carbocycles. The molecule has 5 nitrogen and oxygen atoms in total. The molecule has 0 radical (unpaired) electrons. The molecule has 112 valence electrons. The van der Waals surface area contributed by atoms with Crippen LogP contribution in [0.5, 0.6) is 0 Å². The summed E-state index contributed by atoms with van der Waals surface area (Å²) in [5, 5.41) is 7.63. The third-order valence-electron chi connectivity index (χ3n) is 2.99. The molecule has 0 aromatic heterocycles. The van der Waals surface area contributed by atoms with Gasteiger partial charge in [-0.25, -0.2) is 11.1 Å². The molecule has 0 saturated heterocycles. The Morgan fingerprint density at radius 1 is 1.29 bits per heavy atom. The number of benzene rings is 1. The first kappa shape index (κ1) is 17.4. The number of nitrogens with zero attached hydrogens (tertiary/aromatic N) is 2. The minimum absolute atomic E-state index is 0.00452. The SMILES string of the molecule is [C-]#[N+]C(C#N)(Cc1ccc(C)cc1)P(=O)(OCC)OCC. The second-order valence-electron chi connectivity index (χ2n) is 4.54. The number of nitriles is 1. The van der Waals surface area contributed by atoms with Crippen LogP contribution in [0, 0.1) is 24.8 Å². The summed E-state index contributed by atoms with van der Waals surface area (Å²) in [4.78, 5) is 3.34. The van der Waals surface area contributed by atoms with Crippen molar-refractivity contribution in [3.8, 4) is 6.07 Å². The molecule has 6 heteroatoms. The van der Waals surface area contributed by atoms with E-state index in [-0.39, 0.29) is 19.6 Å². The lowest BCUT2D eigenvalue weighted by Gasteiger charge is -2.23. The van der Waals surface area contributed by atoms with E-state index in [0.717, 1.165) is 11.1 Å². The lowest BCUT2D eigenvalue weighted by atomic mass is 10.1. The molecule has 1 aromatic carbocycles. The number of hydrogen-bond donors (Lipinski definition) is 0. The van der Waals surface area contributed by atoms with E-state index < -0.39 is 12.9 Å². The molecule has 1 aromatic rings. The van der Waals surface area contributed by atoms with Crippen LogP contribution in [0.3, 0.4) is 0 Å². The largest absolute Gasteiger partial charge is 0.431 e. The highest BCUT2D eigenvalue weighted by Gasteiger charge is 2.59. The fraction of sp³-hybridized carbons (Fsp3) is 0.467. The van der Waals surface area contributed by atoms with Gasteiger partial charge in [0.05, 0.1) is 19.6 Å². The van der Waals surface area contributed by atoms with Crippen molar-refractivity contribution in [1.82, 2.24) is 0 Å². The third kappa shape index (κ3) is 3.71. The zero-order chi connectivity index (χ0) is 15.9. The van der Waals surface area contributed by atoms with E-state index in [4.69, 9.17) is 15.6 Å². The van der Waals surface area contributed by atoms with Crippen LogP contribution >= 0.6 is 7.60 Å². The van der Waals surface area contributed by atoms with Crippen molar-refractivity contribution < 1.29 is 13.6 Å². The first-order valence-electron chi connectivity index (χ1n) is 6.71. The zero-order valence-electron chi connectivity index (χ0n) is 12.5. The number of aryl methyl sites for hydroxylation is 1. The Hall–Kier alpha value is -1.65. The van der Waals surface area contributed by atoms with Crippen LogP contribution in [0.2, 0.25) is 0 Å². The smallest absolute Gasteiger partial charge is 0.302 e. The van der Waals surface area contributed by atoms with Crippen LogP contribution in [-0.2, 0) is 20.0 Å². The summed E-state index contributed by atoms with van der Waals surface area (Å²) in [5.41, 5.74) is 1.82. The zero-order valence-corrected chi connectivity index (χ0v) is 13.4. The van der Waals surface area contributed by atoms with Gasteiger partial charge in [-0.3, -0.25) is 4.85 Å². The van der Waals surface area contributed by atoms with E-state index in [0.29, 0.717) is 0 Å². The summed E-state index contributed by atoms with van der Waals surface area (Å²) in [6.07, 6.45) is 0.00452. The maximum Gasteiger partial charge on any atom is 0.431 e. The van der Waals surface area contributed by atoms with Crippen LogP contribution in [-0.4, -0.2) is 18.5 Å². The Kier molecular flexibility index (Phi) is 6.12. The fourth-order valence-corrected chi connectivity index (χ4v) is 3.71. The minimum Gasteiger partial charge on any atom is -0.302 e. The van der Waals surface area contributed by atoms with Gasteiger partial charge in [-0.05, 0) is 26.3 Å². The standard InChI is InChI=1S/C15H19N2O3P/c1-5-19-21(18,20-6-2)15(12-16,17-4)11-14-9-7-13(3)8-10-14/h7-10H,5-6,11H2,1-3H3. The second kappa shape index (κ2) is 7.38. The van der Waals surface area contributed by atoms with E-state index in [2.05, 4.69) is 4.85 Å². The van der Waals surface area contributed by atoms with Crippen molar-refractivity contribution >= 4 is 7.60 Å². The summed E-state index contributed by atoms with van der Waals surface area (Å²) in [6, 6.07) is 9.27. The molecule has 0 aliphatic rings. The summed E-state index contributed by atoms with van der Waals surface area (Å²) < 4.78 is 23.3. The first-order chi connectivity index (χ1) is 9.96. The monoisotopic (exact) mass is 306 g/mol. The van der Waals surface area contributed by atoms with Crippen LogP contribution in [0.1, 0.15) is 25.0 Å². The molecule has 0 amide bonds. The Balaban J connectivity index is 3.24. The lowest BCUT2D eigenvalue weighted by molar-refractivity contribution is 0.208. The van der Waals surface area contributed by atoms with E-state index in [1.165, 1.54) is 0 Å². The molecule has 1 atom stereocenters. The van der Waals surface area contributed by atoms with Crippen molar-refractivity contribution in [1.29, 1.82) is 5.26 Å². The average Bonchev–Trinajstić information content (AvgIpc) is 2.47. The topological polar surface area (TPSA) is 63.7 Å². The molecule has 0 heterocycles. The van der Waals surface area contributed by atoms with E-state index in [9.17, 15) is 9.83 Å². The quantitative estimate of drug-likeness (QED) is 0.565. The molecule has 0 aliphatic heterocycles. The van der Waals surface area contributed by atoms with Gasteiger partial charge in [-0.15, -0.1) is 0 Å². The second-order valence-corrected chi connectivity index (χ2v) is 6.79. The summed E-state index contributed by atoms with van der Waals surface area (Å²) in [5.74, 6) is 0. The van der Waals surface area contributed by atoms with Crippen LogP contribution in [0.25, 0.3) is 4.85 Å². The molecular formula is C15H19N2O3P. The van der Waals surface area contributed by atoms with Crippen molar-refractivity contribution in [2.75, 3.05) is 13.2 Å². The Bertz CT molecular complexity index is 575. The highest BCUT2D eigenvalue weighted by molar-refractivity contribution is 7.56. The Morgan fingerprint density at radius 2 is 1.81 bits per heavy atom. The normalized spacial score (nSPS) is 14.0. The summed E-state index contributed by atoms with van der Waals surface area (Å²) in [7, 11) is -3.85. The lowest BCUT2D eigenvalue weighted by Crippen LogP contribution is -2.28. The molecule has 0 saturated carbocycles. The van der Waals surface area contributed by atoms with Gasteiger partial charge in [0.1, 0.15) is 0 Å². The van der Waals surface area contributed by atoms with Crippen LogP contribution < -0.4 is 0 Å². The molecular weight excluding hydrogens is 287 g/mol. The molecule has 0 fully saturated rings. The molecule has 1 rings (SSSR count). The average molecular weight is 306 g/mol. The molecule has 1 unspecified atom stereocenters. The van der Waals surface area contributed by atoms with Crippen LogP contribution in [0.15, 0.2) is 24.3 Å². The number of hydrogen-bond acceptors (Lipinski definition) is 4. The van der Waals surface area contributed by atoms with Gasteiger partial charge < -0.3 is 9.05 Å². The number of rotatable bonds is 7. The maximum atomic E-state index is 12.9. The van der Waals surface area contributed by atoms with Crippen molar-refractivity contribution in [3.63, 3.8) is 0 Å². The highest BCUT2D eigenvalue weighted by Crippen LogP contribution is 2.61. The van der Waals surface area contributed by atoms with Gasteiger partial charge in [-0.2, -0.15) is 5.26 Å². The van der Waals surface area contributed by atoms with Crippen LogP contribution in [0.4, 0.5) is 0 Å². The minimum atomic E-state index is -3.85. The predicted octanol–water partition coefficient (Wildman–Crippen LogP) is 3.94.